The molecule has 11 heavy (non-hydrogen) atoms. The van der Waals surface area contributed by atoms with Crippen molar-refractivity contribution in [3.8, 4) is 0 Å². The quantitative estimate of drug-likeness (QED) is 0.572. The third-order valence-electron chi connectivity index (χ3n) is 0.990. The Hall–Kier alpha value is -1.10. The fourth-order valence-electron chi connectivity index (χ4n) is 0.430. The summed E-state index contributed by atoms with van der Waals surface area (Å²) < 4.78 is 8.87. The molecule has 0 aromatic carbocycles. The van der Waals surface area contributed by atoms with Crippen LogP contribution in [0.3, 0.4) is 0 Å². The minimum Gasteiger partial charge on any atom is -0.480 e. The molecule has 0 spiro atoms. The van der Waals surface area contributed by atoms with E-state index in [1.54, 1.807) is 0 Å². The lowest BCUT2D eigenvalue weighted by Gasteiger charge is -2.07. The van der Waals surface area contributed by atoms with Crippen LogP contribution in [0.15, 0.2) is 0 Å². The van der Waals surface area contributed by atoms with Gasteiger partial charge in [-0.2, -0.15) is 0 Å². The highest BCUT2D eigenvalue weighted by Gasteiger charge is 2.14. The molecule has 1 N–H and O–H groups in total. The van der Waals surface area contributed by atoms with Crippen LogP contribution < -0.4 is 0 Å². The van der Waals surface area contributed by atoms with Gasteiger partial charge >= 0.3 is 11.9 Å². The smallest absolute Gasteiger partial charge is 0.334 e. The second-order valence-electron chi connectivity index (χ2n) is 1.87. The Morgan fingerprint density at radius 1 is 1.55 bits per heavy atom. The first-order chi connectivity index (χ1) is 5.07. The Balaban J connectivity index is 3.60. The molecule has 0 saturated heterocycles. The number of methoxy groups -OCH3 is 1. The van der Waals surface area contributed by atoms with Crippen LogP contribution in [0.4, 0.5) is 0 Å². The molecule has 5 nitrogen and oxygen atoms in total. The summed E-state index contributed by atoms with van der Waals surface area (Å²) >= 11 is 0. The molecule has 64 valence electrons. The van der Waals surface area contributed by atoms with Gasteiger partial charge in [-0.05, 0) is 6.92 Å². The van der Waals surface area contributed by atoms with E-state index in [1.165, 1.54) is 14.0 Å². The SMILES string of the molecule is COC(=O)C(C)OCC(=O)O. The van der Waals surface area contributed by atoms with E-state index in [-0.39, 0.29) is 0 Å². The summed E-state index contributed by atoms with van der Waals surface area (Å²) in [6, 6.07) is 0. The van der Waals surface area contributed by atoms with Crippen LogP contribution in [0.1, 0.15) is 6.92 Å². The van der Waals surface area contributed by atoms with Crippen LogP contribution in [0.25, 0.3) is 0 Å². The fourth-order valence-corrected chi connectivity index (χ4v) is 0.430. The van der Waals surface area contributed by atoms with Crippen molar-refractivity contribution in [2.45, 2.75) is 13.0 Å². The van der Waals surface area contributed by atoms with Crippen LogP contribution in [0.2, 0.25) is 0 Å². The lowest BCUT2D eigenvalue weighted by molar-refractivity contribution is -0.157. The molecule has 0 radical (unpaired) electrons. The molecule has 0 heterocycles. The van der Waals surface area contributed by atoms with E-state index >= 15 is 0 Å². The Labute approximate surface area is 63.9 Å². The number of esters is 1. The summed E-state index contributed by atoms with van der Waals surface area (Å²) in [6.45, 7) is 0.936. The van der Waals surface area contributed by atoms with E-state index in [0.29, 0.717) is 0 Å². The van der Waals surface area contributed by atoms with Gasteiger partial charge in [0, 0.05) is 0 Å². The standard InChI is InChI=1S/C6H10O5/c1-4(6(9)10-2)11-3-5(7)8/h4H,3H2,1-2H3,(H,7,8). The molecule has 5 heteroatoms. The predicted molar refractivity (Wildman–Crippen MR) is 35.1 cm³/mol. The fraction of sp³-hybridized carbons (Fsp3) is 0.667. The second-order valence-corrected chi connectivity index (χ2v) is 1.87. The van der Waals surface area contributed by atoms with Crippen molar-refractivity contribution in [3.05, 3.63) is 0 Å². The number of carbonyl (C=O) groups excluding carboxylic acids is 1. The third-order valence-corrected chi connectivity index (χ3v) is 0.990. The summed E-state index contributed by atoms with van der Waals surface area (Å²) in [5.74, 6) is -1.69. The molecular formula is C6H10O5. The van der Waals surface area contributed by atoms with Crippen molar-refractivity contribution in [3.63, 3.8) is 0 Å². The van der Waals surface area contributed by atoms with Gasteiger partial charge in [0.15, 0.2) is 6.10 Å². The maximum Gasteiger partial charge on any atom is 0.334 e. The van der Waals surface area contributed by atoms with Gasteiger partial charge in [-0.3, -0.25) is 0 Å². The normalized spacial score (nSPS) is 12.2. The van der Waals surface area contributed by atoms with Crippen LogP contribution in [-0.4, -0.2) is 36.9 Å². The molecule has 0 aliphatic carbocycles. The number of carboxylic acids is 1. The molecule has 0 saturated carbocycles. The van der Waals surface area contributed by atoms with E-state index in [1.807, 2.05) is 0 Å². The highest BCUT2D eigenvalue weighted by atomic mass is 16.6. The zero-order valence-electron chi connectivity index (χ0n) is 6.36. The summed E-state index contributed by atoms with van der Waals surface area (Å²) in [6.07, 6.45) is -0.823. The summed E-state index contributed by atoms with van der Waals surface area (Å²) in [7, 11) is 1.21. The number of aliphatic carboxylic acids is 1. The Morgan fingerprint density at radius 3 is 2.45 bits per heavy atom. The Kier molecular flexibility index (Phi) is 4.21. The van der Waals surface area contributed by atoms with Gasteiger partial charge in [0.2, 0.25) is 0 Å². The van der Waals surface area contributed by atoms with Gasteiger partial charge in [0.1, 0.15) is 6.61 Å². The molecule has 0 amide bonds. The van der Waals surface area contributed by atoms with Crippen LogP contribution in [0.5, 0.6) is 0 Å². The average Bonchev–Trinajstić information content (AvgIpc) is 1.98. The Bertz CT molecular complexity index is 153. The highest BCUT2D eigenvalue weighted by molar-refractivity contribution is 5.75. The second kappa shape index (κ2) is 4.68. The zero-order chi connectivity index (χ0) is 8.85. The van der Waals surface area contributed by atoms with Crippen molar-refractivity contribution in [2.75, 3.05) is 13.7 Å². The van der Waals surface area contributed by atoms with Crippen LogP contribution >= 0.6 is 0 Å². The topological polar surface area (TPSA) is 72.8 Å². The minimum atomic E-state index is -1.11. The molecule has 0 aliphatic rings. The van der Waals surface area contributed by atoms with Gasteiger partial charge in [-0.15, -0.1) is 0 Å². The number of ether oxygens (including phenoxy) is 2. The maximum atomic E-state index is 10.6. The van der Waals surface area contributed by atoms with Crippen molar-refractivity contribution in [2.24, 2.45) is 0 Å². The largest absolute Gasteiger partial charge is 0.480 e. The molecule has 1 atom stereocenters. The summed E-state index contributed by atoms with van der Waals surface area (Å²) in [4.78, 5) is 20.5. The van der Waals surface area contributed by atoms with E-state index in [0.717, 1.165) is 0 Å². The number of rotatable bonds is 4. The van der Waals surface area contributed by atoms with E-state index in [4.69, 9.17) is 5.11 Å². The van der Waals surface area contributed by atoms with E-state index < -0.39 is 24.6 Å². The van der Waals surface area contributed by atoms with E-state index in [9.17, 15) is 9.59 Å². The van der Waals surface area contributed by atoms with Gasteiger partial charge in [-0.1, -0.05) is 0 Å². The lowest BCUT2D eigenvalue weighted by Crippen LogP contribution is -2.24. The first-order valence-corrected chi connectivity index (χ1v) is 2.99. The first kappa shape index (κ1) is 9.90. The van der Waals surface area contributed by atoms with Crippen molar-refractivity contribution >= 4 is 11.9 Å². The highest BCUT2D eigenvalue weighted by Crippen LogP contribution is 1.92. The van der Waals surface area contributed by atoms with Crippen LogP contribution in [0, 0.1) is 0 Å². The zero-order valence-corrected chi connectivity index (χ0v) is 6.36. The van der Waals surface area contributed by atoms with Gasteiger partial charge in [0.05, 0.1) is 7.11 Å². The van der Waals surface area contributed by atoms with Gasteiger partial charge in [0.25, 0.3) is 0 Å². The summed E-state index contributed by atoms with van der Waals surface area (Å²) in [5.41, 5.74) is 0. The number of carboxylic acid groups (broad SMARTS) is 1. The molecule has 0 rings (SSSR count). The van der Waals surface area contributed by atoms with Crippen molar-refractivity contribution in [1.82, 2.24) is 0 Å². The molecule has 0 aromatic heterocycles. The molecule has 0 fully saturated rings. The van der Waals surface area contributed by atoms with Gasteiger partial charge < -0.3 is 14.6 Å². The number of hydrogen-bond donors (Lipinski definition) is 1. The van der Waals surface area contributed by atoms with E-state index in [2.05, 4.69) is 9.47 Å². The van der Waals surface area contributed by atoms with Gasteiger partial charge in [-0.25, -0.2) is 9.59 Å². The number of carbonyl (C=O) groups is 2. The summed E-state index contributed by atoms with van der Waals surface area (Å²) in [5, 5.41) is 8.14. The molecule has 1 unspecified atom stereocenters. The molecule has 0 aliphatic heterocycles. The monoisotopic (exact) mass is 162 g/mol. The van der Waals surface area contributed by atoms with Crippen molar-refractivity contribution < 1.29 is 24.2 Å². The molecule has 0 bridgehead atoms. The maximum absolute atomic E-state index is 10.6. The van der Waals surface area contributed by atoms with Crippen LogP contribution in [-0.2, 0) is 19.1 Å². The number of hydrogen-bond acceptors (Lipinski definition) is 4. The lowest BCUT2D eigenvalue weighted by atomic mass is 10.4. The molecular weight excluding hydrogens is 152 g/mol. The minimum absolute atomic E-state index is 0.490. The van der Waals surface area contributed by atoms with Crippen molar-refractivity contribution in [1.29, 1.82) is 0 Å². The predicted octanol–water partition coefficient (Wildman–Crippen LogP) is -0.351. The Morgan fingerprint density at radius 2 is 2.09 bits per heavy atom. The molecule has 0 aromatic rings. The first-order valence-electron chi connectivity index (χ1n) is 2.99. The average molecular weight is 162 g/mol. The third kappa shape index (κ3) is 4.32.